The summed E-state index contributed by atoms with van der Waals surface area (Å²) in [6.45, 7) is 4.29. The van der Waals surface area contributed by atoms with Crippen LogP contribution in [-0.2, 0) is 4.79 Å². The van der Waals surface area contributed by atoms with Crippen LogP contribution in [0, 0.1) is 5.92 Å². The number of carbonyl (C=O) groups is 2. The summed E-state index contributed by atoms with van der Waals surface area (Å²) in [5.41, 5.74) is 0. The Kier molecular flexibility index (Phi) is 5.18. The summed E-state index contributed by atoms with van der Waals surface area (Å²) in [5.74, 6) is 0.672. The van der Waals surface area contributed by atoms with Crippen LogP contribution in [-0.4, -0.2) is 52.1 Å². The Bertz CT molecular complexity index is 361. The van der Waals surface area contributed by atoms with Gasteiger partial charge in [-0.25, -0.2) is 4.79 Å². The molecule has 1 unspecified atom stereocenters. The van der Waals surface area contributed by atoms with Gasteiger partial charge in [0.05, 0.1) is 0 Å². The second-order valence-corrected chi connectivity index (χ2v) is 7.77. The molecule has 1 atom stereocenters. The number of nitrogens with zero attached hydrogens (tertiary/aromatic N) is 1. The van der Waals surface area contributed by atoms with Gasteiger partial charge in [0.15, 0.2) is 0 Å². The summed E-state index contributed by atoms with van der Waals surface area (Å²) < 4.78 is 0.192. The van der Waals surface area contributed by atoms with Crippen molar-refractivity contribution in [3.05, 3.63) is 0 Å². The molecule has 2 aliphatic rings. The molecule has 0 aliphatic carbocycles. The van der Waals surface area contributed by atoms with Gasteiger partial charge in [-0.1, -0.05) is 0 Å². The molecule has 0 aromatic rings. The molecule has 0 saturated carbocycles. The Labute approximate surface area is 124 Å². The highest BCUT2D eigenvalue weighted by Crippen LogP contribution is 2.37. The number of hydrogen-bond acceptors (Lipinski definition) is 3. The number of carboxylic acids is 1. The lowest BCUT2D eigenvalue weighted by atomic mass is 9.94. The van der Waals surface area contributed by atoms with E-state index in [2.05, 4.69) is 12.2 Å². The number of carbonyl (C=O) groups excluding carboxylic acids is 1. The fourth-order valence-electron chi connectivity index (χ4n) is 2.94. The highest BCUT2D eigenvalue weighted by atomic mass is 32.2. The van der Waals surface area contributed by atoms with Gasteiger partial charge < -0.3 is 15.3 Å². The molecular formula is C14H24N2O3S. The minimum absolute atomic E-state index is 0.00694. The second-order valence-electron chi connectivity index (χ2n) is 6.09. The molecule has 2 N–H and O–H groups in total. The molecule has 2 saturated heterocycles. The SMILES string of the molecule is CC1(CNC(=O)N2CCC(CC(=O)O)CC2)CCCS1. The Morgan fingerprint density at radius 3 is 2.65 bits per heavy atom. The van der Waals surface area contributed by atoms with Crippen LogP contribution in [0.15, 0.2) is 0 Å². The van der Waals surface area contributed by atoms with Gasteiger partial charge in [-0.3, -0.25) is 4.79 Å². The number of thioether (sulfide) groups is 1. The van der Waals surface area contributed by atoms with Crippen LogP contribution in [0.5, 0.6) is 0 Å². The van der Waals surface area contributed by atoms with Crippen molar-refractivity contribution in [2.45, 2.75) is 43.8 Å². The number of likely N-dealkylation sites (tertiary alicyclic amines) is 1. The van der Waals surface area contributed by atoms with Crippen molar-refractivity contribution in [2.75, 3.05) is 25.4 Å². The first-order valence-corrected chi connectivity index (χ1v) is 8.36. The average molecular weight is 300 g/mol. The normalized spacial score (nSPS) is 27.6. The third-order valence-electron chi connectivity index (χ3n) is 4.28. The van der Waals surface area contributed by atoms with Gasteiger partial charge in [0.2, 0.25) is 0 Å². The minimum Gasteiger partial charge on any atom is -0.481 e. The summed E-state index contributed by atoms with van der Waals surface area (Å²) in [6.07, 6.45) is 4.22. The number of amides is 2. The largest absolute Gasteiger partial charge is 0.481 e. The lowest BCUT2D eigenvalue weighted by Crippen LogP contribution is -2.47. The number of urea groups is 1. The van der Waals surface area contributed by atoms with E-state index in [4.69, 9.17) is 5.11 Å². The summed E-state index contributed by atoms with van der Waals surface area (Å²) in [5, 5.41) is 11.8. The fourth-order valence-corrected chi connectivity index (χ4v) is 4.18. The van der Waals surface area contributed by atoms with Gasteiger partial charge in [-0.15, -0.1) is 0 Å². The van der Waals surface area contributed by atoms with Gasteiger partial charge in [0, 0.05) is 30.8 Å². The monoisotopic (exact) mass is 300 g/mol. The van der Waals surface area contributed by atoms with E-state index in [1.165, 1.54) is 18.6 Å². The molecular weight excluding hydrogens is 276 g/mol. The van der Waals surface area contributed by atoms with Gasteiger partial charge in [-0.05, 0) is 44.3 Å². The molecule has 6 heteroatoms. The maximum Gasteiger partial charge on any atom is 0.317 e. The first-order chi connectivity index (χ1) is 9.48. The van der Waals surface area contributed by atoms with E-state index in [0.717, 1.165) is 19.4 Å². The van der Waals surface area contributed by atoms with E-state index in [-0.39, 0.29) is 23.1 Å². The molecule has 0 radical (unpaired) electrons. The Balaban J connectivity index is 1.70. The molecule has 114 valence electrons. The summed E-state index contributed by atoms with van der Waals surface area (Å²) in [4.78, 5) is 24.6. The molecule has 2 fully saturated rings. The van der Waals surface area contributed by atoms with Crippen LogP contribution in [0.25, 0.3) is 0 Å². The molecule has 0 bridgehead atoms. The van der Waals surface area contributed by atoms with Crippen molar-refractivity contribution in [3.8, 4) is 0 Å². The topological polar surface area (TPSA) is 69.6 Å². The summed E-state index contributed by atoms with van der Waals surface area (Å²) in [7, 11) is 0. The number of rotatable bonds is 4. The zero-order valence-corrected chi connectivity index (χ0v) is 12.9. The van der Waals surface area contributed by atoms with E-state index in [9.17, 15) is 9.59 Å². The van der Waals surface area contributed by atoms with Crippen LogP contribution in [0.4, 0.5) is 4.79 Å². The predicted octanol–water partition coefficient (Wildman–Crippen LogP) is 2.17. The van der Waals surface area contributed by atoms with Crippen molar-refractivity contribution < 1.29 is 14.7 Å². The third kappa shape index (κ3) is 4.30. The number of carboxylic acid groups (broad SMARTS) is 1. The predicted molar refractivity (Wildman–Crippen MR) is 80.0 cm³/mol. The van der Waals surface area contributed by atoms with Gasteiger partial charge >= 0.3 is 12.0 Å². The maximum atomic E-state index is 12.1. The van der Waals surface area contributed by atoms with Gasteiger partial charge in [0.25, 0.3) is 0 Å². The van der Waals surface area contributed by atoms with Crippen LogP contribution >= 0.6 is 11.8 Å². The third-order valence-corrected chi connectivity index (χ3v) is 5.82. The zero-order chi connectivity index (χ0) is 14.6. The van der Waals surface area contributed by atoms with E-state index in [1.54, 1.807) is 0 Å². The van der Waals surface area contributed by atoms with Crippen molar-refractivity contribution >= 4 is 23.8 Å². The Hall–Kier alpha value is -0.910. The molecule has 0 aromatic carbocycles. The number of aliphatic carboxylic acids is 1. The quantitative estimate of drug-likeness (QED) is 0.835. The molecule has 20 heavy (non-hydrogen) atoms. The minimum atomic E-state index is -0.737. The molecule has 2 aliphatic heterocycles. The number of piperidine rings is 1. The second kappa shape index (κ2) is 6.70. The molecule has 2 amide bonds. The lowest BCUT2D eigenvalue weighted by Gasteiger charge is -2.32. The molecule has 0 aromatic heterocycles. The smallest absolute Gasteiger partial charge is 0.317 e. The van der Waals surface area contributed by atoms with E-state index in [0.29, 0.717) is 13.1 Å². The summed E-state index contributed by atoms with van der Waals surface area (Å²) >= 11 is 1.94. The van der Waals surface area contributed by atoms with E-state index in [1.807, 2.05) is 16.7 Å². The van der Waals surface area contributed by atoms with E-state index < -0.39 is 5.97 Å². The van der Waals surface area contributed by atoms with E-state index >= 15 is 0 Å². The van der Waals surface area contributed by atoms with Crippen LogP contribution in [0.3, 0.4) is 0 Å². The highest BCUT2D eigenvalue weighted by Gasteiger charge is 2.31. The Morgan fingerprint density at radius 1 is 1.40 bits per heavy atom. The zero-order valence-electron chi connectivity index (χ0n) is 12.1. The van der Waals surface area contributed by atoms with Crippen molar-refractivity contribution in [1.82, 2.24) is 10.2 Å². The molecule has 2 heterocycles. The first-order valence-electron chi connectivity index (χ1n) is 7.37. The van der Waals surface area contributed by atoms with Crippen molar-refractivity contribution in [1.29, 1.82) is 0 Å². The first kappa shape index (κ1) is 15.5. The van der Waals surface area contributed by atoms with Crippen molar-refractivity contribution in [2.24, 2.45) is 5.92 Å². The standard InChI is InChI=1S/C14H24N2O3S/c1-14(5-2-8-20-14)10-15-13(19)16-6-3-11(4-7-16)9-12(17)18/h11H,2-10H2,1H3,(H,15,19)(H,17,18). The van der Waals surface area contributed by atoms with Crippen LogP contribution in [0.1, 0.15) is 39.0 Å². The fraction of sp³-hybridized carbons (Fsp3) is 0.857. The lowest BCUT2D eigenvalue weighted by molar-refractivity contribution is -0.138. The highest BCUT2D eigenvalue weighted by molar-refractivity contribution is 8.00. The number of nitrogens with one attached hydrogen (secondary N) is 1. The maximum absolute atomic E-state index is 12.1. The average Bonchev–Trinajstić information content (AvgIpc) is 2.84. The molecule has 0 spiro atoms. The molecule has 2 rings (SSSR count). The van der Waals surface area contributed by atoms with Gasteiger partial charge in [0.1, 0.15) is 0 Å². The van der Waals surface area contributed by atoms with Gasteiger partial charge in [-0.2, -0.15) is 11.8 Å². The molecule has 5 nitrogen and oxygen atoms in total. The number of hydrogen-bond donors (Lipinski definition) is 2. The van der Waals surface area contributed by atoms with Crippen LogP contribution < -0.4 is 5.32 Å². The summed E-state index contributed by atoms with van der Waals surface area (Å²) in [6, 6.07) is 0.00694. The van der Waals surface area contributed by atoms with Crippen LogP contribution in [0.2, 0.25) is 0 Å². The Morgan fingerprint density at radius 2 is 2.10 bits per heavy atom. The van der Waals surface area contributed by atoms with Crippen molar-refractivity contribution in [3.63, 3.8) is 0 Å².